The van der Waals surface area contributed by atoms with E-state index in [1.165, 1.54) is 4.90 Å². The predicted octanol–water partition coefficient (Wildman–Crippen LogP) is -0.0323. The molecule has 3 amide bonds. The van der Waals surface area contributed by atoms with Gasteiger partial charge in [-0.15, -0.1) is 0 Å². The molecule has 0 aromatic carbocycles. The summed E-state index contributed by atoms with van der Waals surface area (Å²) in [6, 6.07) is -1.47. The van der Waals surface area contributed by atoms with Crippen LogP contribution in [0.5, 0.6) is 0 Å². The average Bonchev–Trinajstić information content (AvgIpc) is 2.35. The molecule has 108 valence electrons. The first-order valence-electron chi connectivity index (χ1n) is 6.28. The minimum absolute atomic E-state index is 0.0352. The molecule has 0 spiro atoms. The van der Waals surface area contributed by atoms with Crippen LogP contribution in [0.15, 0.2) is 0 Å². The molecule has 2 unspecified atom stereocenters. The summed E-state index contributed by atoms with van der Waals surface area (Å²) < 4.78 is 0. The lowest BCUT2D eigenvalue weighted by Gasteiger charge is -2.38. The summed E-state index contributed by atoms with van der Waals surface area (Å²) in [5.74, 6) is -1.20. The molecule has 2 atom stereocenters. The fourth-order valence-corrected chi connectivity index (χ4v) is 1.89. The molecule has 7 nitrogen and oxygen atoms in total. The van der Waals surface area contributed by atoms with Crippen LogP contribution in [-0.2, 0) is 9.59 Å². The molecule has 19 heavy (non-hydrogen) atoms. The van der Waals surface area contributed by atoms with Crippen molar-refractivity contribution in [2.24, 2.45) is 5.92 Å². The smallest absolute Gasteiger partial charge is 0.328 e. The highest BCUT2D eigenvalue weighted by Gasteiger charge is 2.37. The second-order valence-corrected chi connectivity index (χ2v) is 5.16. The summed E-state index contributed by atoms with van der Waals surface area (Å²) in [7, 11) is 1.62. The number of carboxylic acids is 1. The third-order valence-electron chi connectivity index (χ3n) is 3.59. The summed E-state index contributed by atoms with van der Waals surface area (Å²) in [5, 5.41) is 11.6. The summed E-state index contributed by atoms with van der Waals surface area (Å²) in [5.41, 5.74) is 0. The molecule has 2 N–H and O–H groups in total. The van der Waals surface area contributed by atoms with Crippen molar-refractivity contribution in [1.29, 1.82) is 0 Å². The van der Waals surface area contributed by atoms with Crippen molar-refractivity contribution in [3.63, 3.8) is 0 Å². The first kappa shape index (κ1) is 15.3. The number of aliphatic carboxylic acids is 1. The highest BCUT2D eigenvalue weighted by atomic mass is 16.4. The van der Waals surface area contributed by atoms with E-state index in [0.29, 0.717) is 0 Å². The fourth-order valence-electron chi connectivity index (χ4n) is 1.89. The molecule has 1 aliphatic rings. The van der Waals surface area contributed by atoms with Crippen molar-refractivity contribution in [3.05, 3.63) is 0 Å². The standard InChI is InChI=1S/C12H21N3O4/c1-7(2)8(3)14(4)12(19)15-6-10(16)13-5-9(15)11(17)18/h7-9H,5-6H2,1-4H3,(H,13,16)(H,17,18). The number of nitrogens with one attached hydrogen (secondary N) is 1. The molecule has 0 aliphatic carbocycles. The van der Waals surface area contributed by atoms with Gasteiger partial charge in [-0.05, 0) is 12.8 Å². The number of hydrogen-bond acceptors (Lipinski definition) is 3. The van der Waals surface area contributed by atoms with Crippen LogP contribution in [0.25, 0.3) is 0 Å². The van der Waals surface area contributed by atoms with Crippen molar-refractivity contribution in [3.8, 4) is 0 Å². The van der Waals surface area contributed by atoms with Gasteiger partial charge in [0.1, 0.15) is 12.6 Å². The van der Waals surface area contributed by atoms with Crippen LogP contribution in [0.4, 0.5) is 4.79 Å². The Balaban J connectivity index is 2.87. The third kappa shape index (κ3) is 3.36. The van der Waals surface area contributed by atoms with Gasteiger partial charge in [0.2, 0.25) is 5.91 Å². The highest BCUT2D eigenvalue weighted by molar-refractivity contribution is 5.90. The van der Waals surface area contributed by atoms with Crippen LogP contribution in [0, 0.1) is 5.92 Å². The van der Waals surface area contributed by atoms with Crippen LogP contribution in [-0.4, -0.2) is 65.0 Å². The number of nitrogens with zero attached hydrogens (tertiary/aromatic N) is 2. The Morgan fingerprint density at radius 1 is 1.42 bits per heavy atom. The van der Waals surface area contributed by atoms with Crippen LogP contribution in [0.2, 0.25) is 0 Å². The number of carbonyl (C=O) groups is 3. The van der Waals surface area contributed by atoms with E-state index in [9.17, 15) is 14.4 Å². The van der Waals surface area contributed by atoms with Gasteiger partial charge < -0.3 is 15.3 Å². The van der Waals surface area contributed by atoms with E-state index in [-0.39, 0.29) is 31.0 Å². The quantitative estimate of drug-likeness (QED) is 0.754. The van der Waals surface area contributed by atoms with Crippen LogP contribution < -0.4 is 5.32 Å². The third-order valence-corrected chi connectivity index (χ3v) is 3.59. The molecule has 0 radical (unpaired) electrons. The summed E-state index contributed by atoms with van der Waals surface area (Å²) in [4.78, 5) is 37.4. The number of urea groups is 1. The van der Waals surface area contributed by atoms with Gasteiger partial charge in [-0.3, -0.25) is 9.69 Å². The van der Waals surface area contributed by atoms with Crippen molar-refractivity contribution < 1.29 is 19.5 Å². The Morgan fingerprint density at radius 2 is 2.00 bits per heavy atom. The lowest BCUT2D eigenvalue weighted by atomic mass is 10.1. The predicted molar refractivity (Wildman–Crippen MR) is 68.6 cm³/mol. The lowest BCUT2D eigenvalue weighted by Crippen LogP contribution is -2.62. The van der Waals surface area contributed by atoms with E-state index in [4.69, 9.17) is 5.11 Å². The van der Waals surface area contributed by atoms with E-state index in [2.05, 4.69) is 5.32 Å². The maximum absolute atomic E-state index is 12.3. The van der Waals surface area contributed by atoms with Gasteiger partial charge in [-0.25, -0.2) is 9.59 Å². The van der Waals surface area contributed by atoms with Crippen LogP contribution in [0.3, 0.4) is 0 Å². The van der Waals surface area contributed by atoms with Gasteiger partial charge in [0.15, 0.2) is 0 Å². The SMILES string of the molecule is CC(C)C(C)N(C)C(=O)N1CC(=O)NCC1C(=O)O. The lowest BCUT2D eigenvalue weighted by molar-refractivity contribution is -0.144. The highest BCUT2D eigenvalue weighted by Crippen LogP contribution is 2.14. The fraction of sp³-hybridized carbons (Fsp3) is 0.750. The van der Waals surface area contributed by atoms with Gasteiger partial charge in [-0.2, -0.15) is 0 Å². The van der Waals surface area contributed by atoms with Crippen molar-refractivity contribution in [1.82, 2.24) is 15.1 Å². The minimum atomic E-state index is -1.11. The second-order valence-electron chi connectivity index (χ2n) is 5.16. The molecule has 1 aliphatic heterocycles. The first-order valence-corrected chi connectivity index (χ1v) is 6.28. The molecule has 0 bridgehead atoms. The van der Waals surface area contributed by atoms with Gasteiger partial charge in [-0.1, -0.05) is 13.8 Å². The van der Waals surface area contributed by atoms with Crippen molar-refractivity contribution >= 4 is 17.9 Å². The van der Waals surface area contributed by atoms with Gasteiger partial charge in [0.25, 0.3) is 0 Å². The van der Waals surface area contributed by atoms with Crippen molar-refractivity contribution in [2.45, 2.75) is 32.9 Å². The number of hydrogen-bond donors (Lipinski definition) is 2. The maximum atomic E-state index is 12.3. The Labute approximate surface area is 112 Å². The number of carboxylic acid groups (broad SMARTS) is 1. The van der Waals surface area contributed by atoms with E-state index in [0.717, 1.165) is 4.90 Å². The largest absolute Gasteiger partial charge is 0.480 e. The molecule has 1 fully saturated rings. The zero-order valence-electron chi connectivity index (χ0n) is 11.7. The Hall–Kier alpha value is -1.79. The summed E-state index contributed by atoms with van der Waals surface area (Å²) in [6.45, 7) is 5.58. The Morgan fingerprint density at radius 3 is 2.47 bits per heavy atom. The number of amides is 3. The average molecular weight is 271 g/mol. The molecule has 1 saturated heterocycles. The zero-order valence-corrected chi connectivity index (χ0v) is 11.7. The zero-order chi connectivity index (χ0) is 14.7. The van der Waals surface area contributed by atoms with Gasteiger partial charge in [0, 0.05) is 19.6 Å². The van der Waals surface area contributed by atoms with E-state index in [1.807, 2.05) is 20.8 Å². The molecule has 0 aromatic rings. The minimum Gasteiger partial charge on any atom is -0.480 e. The Kier molecular flexibility index (Phi) is 4.74. The maximum Gasteiger partial charge on any atom is 0.328 e. The molecule has 0 aromatic heterocycles. The Bertz CT molecular complexity index is 383. The number of carbonyl (C=O) groups excluding carboxylic acids is 2. The summed E-state index contributed by atoms with van der Waals surface area (Å²) in [6.07, 6.45) is 0. The molecular weight excluding hydrogens is 250 g/mol. The van der Waals surface area contributed by atoms with E-state index >= 15 is 0 Å². The number of rotatable bonds is 3. The van der Waals surface area contributed by atoms with Crippen molar-refractivity contribution in [2.75, 3.05) is 20.1 Å². The molecule has 0 saturated carbocycles. The topological polar surface area (TPSA) is 90.0 Å². The molecule has 1 heterocycles. The van der Waals surface area contributed by atoms with Crippen LogP contribution >= 0.6 is 0 Å². The molecular formula is C12H21N3O4. The molecule has 1 rings (SSSR count). The second kappa shape index (κ2) is 5.90. The van der Waals surface area contributed by atoms with E-state index < -0.39 is 18.0 Å². The van der Waals surface area contributed by atoms with Gasteiger partial charge in [0.05, 0.1) is 0 Å². The first-order chi connectivity index (χ1) is 8.75. The molecule has 7 heteroatoms. The number of piperazine rings is 1. The normalized spacial score (nSPS) is 21.0. The van der Waals surface area contributed by atoms with Crippen LogP contribution in [0.1, 0.15) is 20.8 Å². The van der Waals surface area contributed by atoms with Gasteiger partial charge >= 0.3 is 12.0 Å². The monoisotopic (exact) mass is 271 g/mol. The van der Waals surface area contributed by atoms with E-state index in [1.54, 1.807) is 7.05 Å². The summed E-state index contributed by atoms with van der Waals surface area (Å²) >= 11 is 0.